The van der Waals surface area contributed by atoms with Gasteiger partial charge in [-0.1, -0.05) is 44.2 Å². The first kappa shape index (κ1) is 37.2. The minimum absolute atomic E-state index is 0.0688. The summed E-state index contributed by atoms with van der Waals surface area (Å²) in [5, 5.41) is 20.5. The number of hydrogen-bond donors (Lipinski definition) is 4. The van der Waals surface area contributed by atoms with Crippen molar-refractivity contribution in [3.63, 3.8) is 0 Å². The van der Waals surface area contributed by atoms with Crippen LogP contribution in [-0.2, 0) is 27.7 Å². The fourth-order valence-electron chi connectivity index (χ4n) is 5.06. The Bertz CT molecular complexity index is 1630. The Kier molecular flexibility index (Phi) is 13.5. The number of halogens is 2. The van der Waals surface area contributed by atoms with E-state index in [-0.39, 0.29) is 42.0 Å². The van der Waals surface area contributed by atoms with Gasteiger partial charge in [-0.25, -0.2) is 27.3 Å². The number of amides is 3. The van der Waals surface area contributed by atoms with Crippen LogP contribution in [0.25, 0.3) is 0 Å². The van der Waals surface area contributed by atoms with Crippen LogP contribution >= 0.6 is 0 Å². The molecule has 3 amide bonds. The second-order valence-corrected chi connectivity index (χ2v) is 12.9. The first-order valence-corrected chi connectivity index (χ1v) is 16.7. The molecule has 47 heavy (non-hydrogen) atoms. The average Bonchev–Trinajstić information content (AvgIpc) is 2.99. The van der Waals surface area contributed by atoms with Gasteiger partial charge in [-0.15, -0.1) is 0 Å². The molecule has 0 spiro atoms. The highest BCUT2D eigenvalue weighted by Crippen LogP contribution is 2.19. The number of hydrogen-bond acceptors (Lipinski definition) is 7. The van der Waals surface area contributed by atoms with Crippen molar-refractivity contribution in [1.82, 2.24) is 20.7 Å². The molecule has 0 saturated heterocycles. The number of rotatable bonds is 16. The second-order valence-electron chi connectivity index (χ2n) is 11.3. The Morgan fingerprint density at radius 3 is 2.06 bits per heavy atom. The number of benzene rings is 3. The third kappa shape index (κ3) is 11.5. The number of hydrazine groups is 1. The lowest BCUT2D eigenvalue weighted by atomic mass is 9.99. The summed E-state index contributed by atoms with van der Waals surface area (Å²) in [5.74, 6) is -3.46. The predicted octanol–water partition coefficient (Wildman–Crippen LogP) is 2.78. The van der Waals surface area contributed by atoms with E-state index in [2.05, 4.69) is 10.7 Å². The largest absolute Gasteiger partial charge is 0.390 e. The number of nitrogens with two attached hydrogens (primary N) is 1. The van der Waals surface area contributed by atoms with E-state index in [9.17, 15) is 36.7 Å². The topological polar surface area (TPSA) is 162 Å². The molecule has 14 heteroatoms. The van der Waals surface area contributed by atoms with E-state index in [0.29, 0.717) is 32.0 Å². The van der Waals surface area contributed by atoms with Gasteiger partial charge in [0.1, 0.15) is 11.6 Å². The summed E-state index contributed by atoms with van der Waals surface area (Å²) < 4.78 is 52.7. The number of carbonyl (C=O) groups is 3. The summed E-state index contributed by atoms with van der Waals surface area (Å²) in [4.78, 5) is 40.6. The van der Waals surface area contributed by atoms with Crippen LogP contribution in [0.1, 0.15) is 58.5 Å². The number of carbonyl (C=O) groups excluding carboxylic acids is 3. The standard InChI is InChI=1S/C33H41F2N5O6S/c1-4-11-40(12-5-2)33(44)25-17-24(18-28(19-25)47(36,45)46)32(43)37-29(15-23-13-26(34)20-27(35)14-23)30(41)21-39(3)38-31(42)16-22-9-7-6-8-10-22/h6-10,13-14,17-20,29-30,41H,4-5,11-12,15-16,21H2,1-3H3,(H,37,43)(H,38,42)(H2,36,45,46). The molecule has 2 unspecified atom stereocenters. The smallest absolute Gasteiger partial charge is 0.253 e. The molecule has 0 aliphatic heterocycles. The van der Waals surface area contributed by atoms with Crippen molar-refractivity contribution in [2.45, 2.75) is 56.6 Å². The summed E-state index contributed by atoms with van der Waals surface area (Å²) in [6.07, 6.45) is -0.279. The fraction of sp³-hybridized carbons (Fsp3) is 0.364. The van der Waals surface area contributed by atoms with Crippen molar-refractivity contribution >= 4 is 27.7 Å². The van der Waals surface area contributed by atoms with Crippen LogP contribution in [0.15, 0.2) is 71.6 Å². The molecule has 3 aromatic carbocycles. The molecule has 0 bridgehead atoms. The van der Waals surface area contributed by atoms with E-state index in [4.69, 9.17) is 5.14 Å². The predicted molar refractivity (Wildman–Crippen MR) is 173 cm³/mol. The third-order valence-electron chi connectivity index (χ3n) is 7.16. The molecule has 0 fully saturated rings. The number of primary sulfonamides is 1. The van der Waals surface area contributed by atoms with E-state index < -0.39 is 50.5 Å². The van der Waals surface area contributed by atoms with Crippen LogP contribution in [0.3, 0.4) is 0 Å². The Balaban J connectivity index is 1.90. The molecule has 5 N–H and O–H groups in total. The van der Waals surface area contributed by atoms with E-state index in [0.717, 1.165) is 29.8 Å². The quantitative estimate of drug-likeness (QED) is 0.170. The highest BCUT2D eigenvalue weighted by Gasteiger charge is 2.27. The molecule has 2 atom stereocenters. The van der Waals surface area contributed by atoms with Gasteiger partial charge in [0.2, 0.25) is 15.9 Å². The van der Waals surface area contributed by atoms with Crippen molar-refractivity contribution in [2.24, 2.45) is 5.14 Å². The zero-order valence-corrected chi connectivity index (χ0v) is 27.4. The molecule has 0 aromatic heterocycles. The van der Waals surface area contributed by atoms with Gasteiger partial charge in [0.05, 0.1) is 23.5 Å². The van der Waals surface area contributed by atoms with Gasteiger partial charge in [-0.2, -0.15) is 0 Å². The average molecular weight is 674 g/mol. The van der Waals surface area contributed by atoms with Crippen molar-refractivity contribution in [2.75, 3.05) is 26.7 Å². The maximum absolute atomic E-state index is 14.0. The molecule has 0 aliphatic rings. The number of likely N-dealkylation sites (N-methyl/N-ethyl adjacent to an activating group) is 1. The van der Waals surface area contributed by atoms with Gasteiger partial charge >= 0.3 is 0 Å². The van der Waals surface area contributed by atoms with Crippen LogP contribution in [0.4, 0.5) is 8.78 Å². The first-order chi connectivity index (χ1) is 22.2. The van der Waals surface area contributed by atoms with Crippen molar-refractivity contribution < 1.29 is 36.7 Å². The second kappa shape index (κ2) is 17.1. The maximum atomic E-state index is 14.0. The number of nitrogens with zero attached hydrogens (tertiary/aromatic N) is 2. The van der Waals surface area contributed by atoms with Crippen LogP contribution in [0, 0.1) is 11.6 Å². The lowest BCUT2D eigenvalue weighted by Gasteiger charge is -2.28. The molecule has 3 aromatic rings. The van der Waals surface area contributed by atoms with Gasteiger partial charge in [0.15, 0.2) is 0 Å². The number of aliphatic hydroxyl groups is 1. The normalized spacial score (nSPS) is 12.8. The molecule has 0 saturated carbocycles. The number of aliphatic hydroxyl groups excluding tert-OH is 1. The summed E-state index contributed by atoms with van der Waals surface area (Å²) in [5.41, 5.74) is 3.21. The molecule has 0 aliphatic carbocycles. The first-order valence-electron chi connectivity index (χ1n) is 15.2. The minimum atomic E-state index is -4.35. The summed E-state index contributed by atoms with van der Waals surface area (Å²) >= 11 is 0. The van der Waals surface area contributed by atoms with E-state index in [1.54, 1.807) is 24.3 Å². The lowest BCUT2D eigenvalue weighted by Crippen LogP contribution is -2.52. The van der Waals surface area contributed by atoms with Gasteiger partial charge in [0.25, 0.3) is 11.8 Å². The lowest BCUT2D eigenvalue weighted by molar-refractivity contribution is -0.125. The molecule has 3 rings (SSSR count). The molecular formula is C33H41F2N5O6S. The zero-order chi connectivity index (χ0) is 34.7. The van der Waals surface area contributed by atoms with Crippen LogP contribution in [-0.4, -0.2) is 80.0 Å². The Morgan fingerprint density at radius 2 is 1.49 bits per heavy atom. The molecule has 0 radical (unpaired) electrons. The van der Waals surface area contributed by atoms with E-state index in [1.165, 1.54) is 23.0 Å². The van der Waals surface area contributed by atoms with Crippen molar-refractivity contribution in [3.05, 3.63) is 101 Å². The summed E-state index contributed by atoms with van der Waals surface area (Å²) in [6.45, 7) is 4.37. The minimum Gasteiger partial charge on any atom is -0.390 e. The van der Waals surface area contributed by atoms with Crippen LogP contribution in [0.2, 0.25) is 0 Å². The summed E-state index contributed by atoms with van der Waals surface area (Å²) in [7, 11) is -2.85. The Labute approximate surface area is 273 Å². The number of nitrogens with one attached hydrogen (secondary N) is 2. The SMILES string of the molecule is CCCN(CCC)C(=O)c1cc(C(=O)NC(Cc2cc(F)cc(F)c2)C(O)CN(C)NC(=O)Cc2ccccc2)cc(S(N)(=O)=O)c1. The van der Waals surface area contributed by atoms with Crippen LogP contribution in [0.5, 0.6) is 0 Å². The Morgan fingerprint density at radius 1 is 0.894 bits per heavy atom. The number of sulfonamides is 1. The molecular weight excluding hydrogens is 632 g/mol. The van der Waals surface area contributed by atoms with Crippen LogP contribution < -0.4 is 15.9 Å². The van der Waals surface area contributed by atoms with E-state index >= 15 is 0 Å². The molecule has 0 heterocycles. The highest BCUT2D eigenvalue weighted by atomic mass is 32.2. The summed E-state index contributed by atoms with van der Waals surface area (Å²) in [6, 6.07) is 13.9. The fourth-order valence-corrected chi connectivity index (χ4v) is 5.64. The van der Waals surface area contributed by atoms with Crippen molar-refractivity contribution in [3.8, 4) is 0 Å². The third-order valence-corrected chi connectivity index (χ3v) is 8.05. The Hall–Kier alpha value is -4.24. The monoisotopic (exact) mass is 673 g/mol. The highest BCUT2D eigenvalue weighted by molar-refractivity contribution is 7.89. The maximum Gasteiger partial charge on any atom is 0.253 e. The van der Waals surface area contributed by atoms with Crippen molar-refractivity contribution in [1.29, 1.82) is 0 Å². The van der Waals surface area contributed by atoms with Gasteiger partial charge < -0.3 is 15.3 Å². The molecule has 11 nitrogen and oxygen atoms in total. The van der Waals surface area contributed by atoms with E-state index in [1.807, 2.05) is 19.9 Å². The van der Waals surface area contributed by atoms with Gasteiger partial charge in [-0.3, -0.25) is 19.8 Å². The van der Waals surface area contributed by atoms with Gasteiger partial charge in [-0.05, 0) is 60.7 Å². The van der Waals surface area contributed by atoms with Gasteiger partial charge in [0, 0.05) is 43.9 Å². The zero-order valence-electron chi connectivity index (χ0n) is 26.6. The molecule has 254 valence electrons.